The fourth-order valence-corrected chi connectivity index (χ4v) is 12.2. The van der Waals surface area contributed by atoms with E-state index in [4.69, 9.17) is 37.0 Å². The van der Waals surface area contributed by atoms with E-state index in [0.717, 1.165) is 167 Å². The average Bonchev–Trinajstić information content (AvgIpc) is 0.918. The molecule has 104 heavy (non-hydrogen) atoms. The van der Waals surface area contributed by atoms with Gasteiger partial charge in [-0.3, -0.25) is 37.3 Å². The number of unbranched alkanes of at least 4 members (excludes halogenated alkanes) is 30. The van der Waals surface area contributed by atoms with Crippen LogP contribution >= 0.6 is 15.6 Å². The minimum atomic E-state index is -5.00. The molecule has 0 fully saturated rings. The number of phosphoric ester groups is 2. The molecule has 598 valence electrons. The molecule has 0 aliphatic carbocycles. The number of carbonyl (C=O) groups excluding carboxylic acids is 4. The van der Waals surface area contributed by atoms with Crippen LogP contribution in [0.4, 0.5) is 0 Å². The summed E-state index contributed by atoms with van der Waals surface area (Å²) in [5.74, 6) is -2.30. The van der Waals surface area contributed by atoms with Gasteiger partial charge < -0.3 is 33.8 Å². The molecule has 0 radical (unpaired) electrons. The third-order valence-electron chi connectivity index (χ3n) is 16.9. The molecule has 3 unspecified atom stereocenters. The van der Waals surface area contributed by atoms with E-state index in [1.165, 1.54) is 83.5 Å². The molecule has 0 saturated heterocycles. The predicted molar refractivity (Wildman–Crippen MR) is 427 cm³/mol. The predicted octanol–water partition coefficient (Wildman–Crippen LogP) is 23.9. The van der Waals surface area contributed by atoms with Crippen molar-refractivity contribution in [1.82, 2.24) is 0 Å². The van der Waals surface area contributed by atoms with E-state index in [2.05, 4.69) is 137 Å². The molecule has 17 nitrogen and oxygen atoms in total. The Morgan fingerprint density at radius 1 is 0.269 bits per heavy atom. The lowest BCUT2D eigenvalue weighted by Crippen LogP contribution is -2.30. The zero-order chi connectivity index (χ0) is 76.0. The first-order valence-electron chi connectivity index (χ1n) is 40.8. The highest BCUT2D eigenvalue weighted by molar-refractivity contribution is 7.47. The van der Waals surface area contributed by atoms with E-state index in [1.54, 1.807) is 0 Å². The normalized spacial score (nSPS) is 14.5. The van der Waals surface area contributed by atoms with Crippen LogP contribution in [0.25, 0.3) is 0 Å². The van der Waals surface area contributed by atoms with Gasteiger partial charge in [0.2, 0.25) is 0 Å². The number of ether oxygens (including phenoxy) is 4. The second kappa shape index (κ2) is 76.6. The first-order chi connectivity index (χ1) is 50.7. The van der Waals surface area contributed by atoms with Crippen molar-refractivity contribution in [3.05, 3.63) is 122 Å². The third-order valence-corrected chi connectivity index (χ3v) is 18.8. The van der Waals surface area contributed by atoms with Crippen LogP contribution in [0.5, 0.6) is 0 Å². The van der Waals surface area contributed by atoms with Crippen molar-refractivity contribution in [2.75, 3.05) is 39.6 Å². The van der Waals surface area contributed by atoms with E-state index in [0.29, 0.717) is 32.1 Å². The number of esters is 4. The van der Waals surface area contributed by atoms with Gasteiger partial charge in [0, 0.05) is 25.7 Å². The summed E-state index contributed by atoms with van der Waals surface area (Å²) in [6.45, 7) is 4.69. The maximum Gasteiger partial charge on any atom is 0.472 e. The highest BCUT2D eigenvalue weighted by Gasteiger charge is 2.30. The van der Waals surface area contributed by atoms with Crippen molar-refractivity contribution in [1.29, 1.82) is 0 Å². The number of aliphatic hydroxyl groups excluding tert-OH is 1. The van der Waals surface area contributed by atoms with Crippen molar-refractivity contribution in [2.45, 2.75) is 354 Å². The zero-order valence-corrected chi connectivity index (χ0v) is 67.2. The van der Waals surface area contributed by atoms with Crippen molar-refractivity contribution in [3.8, 4) is 0 Å². The van der Waals surface area contributed by atoms with Crippen molar-refractivity contribution in [3.63, 3.8) is 0 Å². The molecule has 0 aliphatic heterocycles. The van der Waals surface area contributed by atoms with Gasteiger partial charge in [0.05, 0.1) is 26.4 Å². The van der Waals surface area contributed by atoms with Crippen molar-refractivity contribution >= 4 is 39.5 Å². The molecule has 0 rings (SSSR count). The number of rotatable bonds is 76. The van der Waals surface area contributed by atoms with Crippen LogP contribution in [0.1, 0.15) is 336 Å². The minimum absolute atomic E-state index is 0.0330. The summed E-state index contributed by atoms with van der Waals surface area (Å²) < 4.78 is 68.6. The van der Waals surface area contributed by atoms with Crippen LogP contribution < -0.4 is 0 Å². The number of hydrogen-bond donors (Lipinski definition) is 3. The molecular weight excluding hydrogens is 1350 g/mol. The summed E-state index contributed by atoms with van der Waals surface area (Å²) in [4.78, 5) is 73.0. The van der Waals surface area contributed by atoms with Gasteiger partial charge in [0.1, 0.15) is 19.3 Å². The lowest BCUT2D eigenvalue weighted by atomic mass is 10.1. The molecular formula is C85H146O17P2. The van der Waals surface area contributed by atoms with Crippen molar-refractivity contribution in [2.24, 2.45) is 0 Å². The third kappa shape index (κ3) is 75.7. The van der Waals surface area contributed by atoms with E-state index in [-0.39, 0.29) is 25.7 Å². The Morgan fingerprint density at radius 2 is 0.490 bits per heavy atom. The monoisotopic (exact) mass is 1500 g/mol. The molecule has 0 spiro atoms. The fraction of sp³-hybridized carbons (Fsp3) is 0.718. The molecule has 0 heterocycles. The Labute approximate surface area is 632 Å². The lowest BCUT2D eigenvalue weighted by molar-refractivity contribution is -0.161. The highest BCUT2D eigenvalue weighted by atomic mass is 31.2. The second-order valence-corrected chi connectivity index (χ2v) is 29.9. The van der Waals surface area contributed by atoms with Gasteiger partial charge in [0.15, 0.2) is 12.2 Å². The van der Waals surface area contributed by atoms with Crippen LogP contribution in [-0.4, -0.2) is 96.7 Å². The number of carbonyl (C=O) groups is 4. The molecule has 0 aromatic carbocycles. The van der Waals surface area contributed by atoms with Gasteiger partial charge in [-0.2, -0.15) is 0 Å². The molecule has 0 bridgehead atoms. The Morgan fingerprint density at radius 3 is 0.808 bits per heavy atom. The average molecular weight is 1500 g/mol. The summed E-state index contributed by atoms with van der Waals surface area (Å²) in [6.07, 6.45) is 84.7. The second-order valence-electron chi connectivity index (χ2n) is 27.0. The number of phosphoric acid groups is 2. The van der Waals surface area contributed by atoms with E-state index in [9.17, 15) is 43.2 Å². The quantitative estimate of drug-likeness (QED) is 0.0169. The standard InChI is InChI=1S/C85H146O17P2/c1-5-9-13-17-21-25-29-33-37-38-39-40-44-46-50-54-58-62-66-70-83(88)96-76-81(102-85(90)72-68-64-60-56-52-48-43-36-32-28-24-20-16-12-8-4)78-100-104(93,94)98-74-79(86)73-97-103(91,92)99-77-80(101-84(89)71-67-63-59-55-51-47-42-35-31-27-23-19-15-11-7-3)75-95-82(87)69-65-61-57-53-49-45-41-34-30-26-22-18-14-10-6-2/h21-22,24-28,31,33-34,36-37,39-41,43,46,50,58,62,79-81,86H,5-20,23,29-30,32,35,38,42,44-45,47-49,51-57,59-61,63-78H2,1-4H3,(H,91,92)(H,93,94)/b25-21-,26-22-,28-24-,31-27-,37-33-,40-39-,41-34-,43-36-,50-46-,62-58-/t79?,80-,81-/m1/s1. The molecule has 0 aromatic rings. The first kappa shape index (κ1) is 99.5. The molecule has 0 amide bonds. The number of allylic oxidation sites excluding steroid dienone is 20. The summed E-state index contributed by atoms with van der Waals surface area (Å²) in [5.41, 5.74) is 0. The molecule has 3 N–H and O–H groups in total. The van der Waals surface area contributed by atoms with Gasteiger partial charge in [-0.25, -0.2) is 9.13 Å². The summed E-state index contributed by atoms with van der Waals surface area (Å²) in [5, 5.41) is 10.6. The molecule has 0 saturated carbocycles. The number of hydrogen-bond acceptors (Lipinski definition) is 15. The largest absolute Gasteiger partial charge is 0.472 e. The first-order valence-corrected chi connectivity index (χ1v) is 43.8. The SMILES string of the molecule is CCCCC/C=C\C/C=C\C/C=C\C/C=C\C/C=C\CCC(=O)OC[C@H](COP(=O)(O)OCC(O)COP(=O)(O)OC[C@@H](COC(=O)CCCCCCC/C=C\C/C=C\CCCCC)OC(=O)CCCCCCCCC/C=C\CCCCCC)OC(=O)CCCCCCC/C=C\C/C=C\CCCCC. The van der Waals surface area contributed by atoms with Crippen LogP contribution in [0.15, 0.2) is 122 Å². The van der Waals surface area contributed by atoms with Crippen molar-refractivity contribution < 1.29 is 80.2 Å². The van der Waals surface area contributed by atoms with E-state index >= 15 is 0 Å². The Kier molecular flexibility index (Phi) is 73.3. The molecule has 0 aliphatic rings. The summed E-state index contributed by atoms with van der Waals surface area (Å²) >= 11 is 0. The molecule has 0 aromatic heterocycles. The Balaban J connectivity index is 5.44. The summed E-state index contributed by atoms with van der Waals surface area (Å²) in [7, 11) is -9.99. The molecule has 5 atom stereocenters. The van der Waals surface area contributed by atoms with Crippen LogP contribution in [0.2, 0.25) is 0 Å². The fourth-order valence-electron chi connectivity index (χ4n) is 10.6. The number of aliphatic hydroxyl groups is 1. The van der Waals surface area contributed by atoms with Crippen LogP contribution in [0, 0.1) is 0 Å². The maximum absolute atomic E-state index is 13.1. The van der Waals surface area contributed by atoms with Gasteiger partial charge in [-0.15, -0.1) is 0 Å². The van der Waals surface area contributed by atoms with Gasteiger partial charge in [0.25, 0.3) is 0 Å². The van der Waals surface area contributed by atoms with Gasteiger partial charge in [-0.1, -0.05) is 278 Å². The van der Waals surface area contributed by atoms with E-state index < -0.39 is 97.5 Å². The Hall–Kier alpha value is -4.54. The summed E-state index contributed by atoms with van der Waals surface area (Å²) in [6, 6.07) is 0. The van der Waals surface area contributed by atoms with Crippen LogP contribution in [-0.2, 0) is 65.4 Å². The topological polar surface area (TPSA) is 237 Å². The maximum atomic E-state index is 13.1. The zero-order valence-electron chi connectivity index (χ0n) is 65.4. The smallest absolute Gasteiger partial charge is 0.462 e. The Bertz CT molecular complexity index is 2440. The van der Waals surface area contributed by atoms with Crippen LogP contribution in [0.3, 0.4) is 0 Å². The minimum Gasteiger partial charge on any atom is -0.462 e. The highest BCUT2D eigenvalue weighted by Crippen LogP contribution is 2.45. The van der Waals surface area contributed by atoms with Gasteiger partial charge >= 0.3 is 39.5 Å². The van der Waals surface area contributed by atoms with E-state index in [1.807, 2.05) is 12.2 Å². The van der Waals surface area contributed by atoms with Gasteiger partial charge in [-0.05, 0) is 154 Å². The lowest BCUT2D eigenvalue weighted by Gasteiger charge is -2.21. The molecule has 19 heteroatoms.